The summed E-state index contributed by atoms with van der Waals surface area (Å²) in [7, 11) is 0. The molecule has 0 N–H and O–H groups in total. The Morgan fingerprint density at radius 1 is 0.404 bits per heavy atom. The van der Waals surface area contributed by atoms with E-state index in [4.69, 9.17) is 9.40 Å². The molecular weight excluding hydrogens is 572 g/mol. The fraction of sp³-hybridized carbons (Fsp3) is 0. The minimum absolute atomic E-state index is 0.604. The number of aromatic nitrogens is 1. The first-order chi connectivity index (χ1) is 23.2. The largest absolute Gasteiger partial charge is 0.436 e. The number of rotatable bonds is 6. The number of nitriles is 1. The molecule has 1 aromatic heterocycles. The number of benzene rings is 7. The second-order valence-corrected chi connectivity index (χ2v) is 11.5. The number of hydrogen-bond acceptors (Lipinski definition) is 3. The van der Waals surface area contributed by atoms with Crippen molar-refractivity contribution in [3.63, 3.8) is 0 Å². The van der Waals surface area contributed by atoms with Gasteiger partial charge < -0.3 is 4.42 Å². The van der Waals surface area contributed by atoms with Crippen molar-refractivity contribution in [2.45, 2.75) is 0 Å². The minimum Gasteiger partial charge on any atom is -0.436 e. The second-order valence-electron chi connectivity index (χ2n) is 11.5. The van der Waals surface area contributed by atoms with Gasteiger partial charge in [-0.2, -0.15) is 5.26 Å². The van der Waals surface area contributed by atoms with Crippen LogP contribution < -0.4 is 0 Å². The van der Waals surface area contributed by atoms with Crippen molar-refractivity contribution in [2.24, 2.45) is 0 Å². The maximum Gasteiger partial charge on any atom is 0.227 e. The Bertz CT molecular complexity index is 2370. The van der Waals surface area contributed by atoms with E-state index in [0.717, 1.165) is 66.7 Å². The molecule has 47 heavy (non-hydrogen) atoms. The molecule has 8 rings (SSSR count). The molecule has 0 unspecified atom stereocenters. The van der Waals surface area contributed by atoms with Crippen LogP contribution in [0.4, 0.5) is 0 Å². The number of fused-ring (bicyclic) bond motifs is 1. The van der Waals surface area contributed by atoms with Crippen LogP contribution in [-0.4, -0.2) is 4.98 Å². The molecule has 0 aliphatic heterocycles. The summed E-state index contributed by atoms with van der Waals surface area (Å²) in [4.78, 5) is 5.01. The van der Waals surface area contributed by atoms with Gasteiger partial charge in [0.1, 0.15) is 5.52 Å². The number of oxazole rings is 1. The molecule has 0 aliphatic rings. The van der Waals surface area contributed by atoms with Crippen LogP contribution in [0.1, 0.15) is 5.56 Å². The van der Waals surface area contributed by atoms with Crippen LogP contribution in [0.25, 0.3) is 78.2 Å². The van der Waals surface area contributed by atoms with Gasteiger partial charge in [0.2, 0.25) is 5.89 Å². The molecule has 0 amide bonds. The van der Waals surface area contributed by atoms with Crippen LogP contribution in [0.3, 0.4) is 0 Å². The molecule has 0 fully saturated rings. The molecular formula is C44H28N2O. The lowest BCUT2D eigenvalue weighted by molar-refractivity contribution is 0.620. The molecule has 0 bridgehead atoms. The third-order valence-electron chi connectivity index (χ3n) is 8.58. The number of hydrogen-bond donors (Lipinski definition) is 0. The van der Waals surface area contributed by atoms with E-state index >= 15 is 0 Å². The van der Waals surface area contributed by atoms with E-state index in [0.29, 0.717) is 11.5 Å². The highest BCUT2D eigenvalue weighted by atomic mass is 16.3. The fourth-order valence-electron chi connectivity index (χ4n) is 6.07. The normalized spacial score (nSPS) is 11.0. The molecule has 0 saturated heterocycles. The van der Waals surface area contributed by atoms with Crippen molar-refractivity contribution < 1.29 is 4.42 Å². The van der Waals surface area contributed by atoms with E-state index in [9.17, 15) is 5.26 Å². The Morgan fingerprint density at radius 2 is 0.872 bits per heavy atom. The van der Waals surface area contributed by atoms with E-state index < -0.39 is 0 Å². The summed E-state index contributed by atoms with van der Waals surface area (Å²) in [5.41, 5.74) is 14.2. The molecule has 7 aromatic carbocycles. The number of nitrogens with zero attached hydrogens (tertiary/aromatic N) is 2. The molecule has 0 saturated carbocycles. The standard InChI is InChI=1S/C44H28N2O/c45-29-30-8-7-13-39(26-30)35-18-14-33(15-19-35)34-16-20-36(21-17-34)40-27-41(37-11-5-2-6-12-37)43-42(28-40)47-44(46-43)38-24-22-32(23-25-38)31-9-3-1-4-10-31/h1-28H. The summed E-state index contributed by atoms with van der Waals surface area (Å²) in [5.74, 6) is 0.604. The van der Waals surface area contributed by atoms with E-state index in [-0.39, 0.29) is 0 Å². The third kappa shape index (κ3) is 5.61. The highest BCUT2D eigenvalue weighted by molar-refractivity contribution is 5.96. The predicted octanol–water partition coefficient (Wildman–Crippen LogP) is 11.7. The molecule has 3 heteroatoms. The van der Waals surface area contributed by atoms with Gasteiger partial charge in [0.05, 0.1) is 11.6 Å². The van der Waals surface area contributed by atoms with Crippen LogP contribution in [0.5, 0.6) is 0 Å². The quantitative estimate of drug-likeness (QED) is 0.191. The smallest absolute Gasteiger partial charge is 0.227 e. The first-order valence-electron chi connectivity index (χ1n) is 15.6. The average molecular weight is 601 g/mol. The summed E-state index contributed by atoms with van der Waals surface area (Å²) in [6.07, 6.45) is 0. The second kappa shape index (κ2) is 12.1. The SMILES string of the molecule is N#Cc1cccc(-c2ccc(-c3ccc(-c4cc(-c5ccccc5)c5nc(-c6ccc(-c7ccccc7)cc6)oc5c4)cc3)cc2)c1. The van der Waals surface area contributed by atoms with Gasteiger partial charge in [-0.1, -0.05) is 133 Å². The minimum atomic E-state index is 0.604. The summed E-state index contributed by atoms with van der Waals surface area (Å²) >= 11 is 0. The molecule has 1 heterocycles. The van der Waals surface area contributed by atoms with Gasteiger partial charge in [0.15, 0.2) is 5.58 Å². The van der Waals surface area contributed by atoms with Crippen molar-refractivity contribution in [3.05, 3.63) is 175 Å². The van der Waals surface area contributed by atoms with Gasteiger partial charge in [-0.25, -0.2) is 4.98 Å². The average Bonchev–Trinajstić information content (AvgIpc) is 3.60. The Hall–Kier alpha value is -6.50. The van der Waals surface area contributed by atoms with Crippen LogP contribution in [-0.2, 0) is 0 Å². The Morgan fingerprint density at radius 3 is 1.45 bits per heavy atom. The Kier molecular flexibility index (Phi) is 7.22. The lowest BCUT2D eigenvalue weighted by atomic mass is 9.95. The van der Waals surface area contributed by atoms with Crippen molar-refractivity contribution in [2.75, 3.05) is 0 Å². The zero-order valence-electron chi connectivity index (χ0n) is 25.5. The Labute approximate surface area is 273 Å². The predicted molar refractivity (Wildman–Crippen MR) is 191 cm³/mol. The maximum absolute atomic E-state index is 9.26. The molecule has 0 aliphatic carbocycles. The summed E-state index contributed by atoms with van der Waals surface area (Å²) in [5, 5.41) is 9.26. The molecule has 0 radical (unpaired) electrons. The van der Waals surface area contributed by atoms with Crippen molar-refractivity contribution in [1.82, 2.24) is 4.98 Å². The van der Waals surface area contributed by atoms with E-state index in [1.807, 2.05) is 36.4 Å². The highest BCUT2D eigenvalue weighted by Crippen LogP contribution is 2.37. The van der Waals surface area contributed by atoms with Gasteiger partial charge in [0.25, 0.3) is 0 Å². The van der Waals surface area contributed by atoms with Gasteiger partial charge >= 0.3 is 0 Å². The monoisotopic (exact) mass is 600 g/mol. The first kappa shape index (κ1) is 28.0. The van der Waals surface area contributed by atoms with Crippen molar-refractivity contribution in [3.8, 4) is 73.2 Å². The summed E-state index contributed by atoms with van der Waals surface area (Å²) in [6.45, 7) is 0. The van der Waals surface area contributed by atoms with Crippen molar-refractivity contribution >= 4 is 11.1 Å². The van der Waals surface area contributed by atoms with Gasteiger partial charge in [-0.3, -0.25) is 0 Å². The lowest BCUT2D eigenvalue weighted by Crippen LogP contribution is -1.86. The lowest BCUT2D eigenvalue weighted by Gasteiger charge is -2.09. The van der Waals surface area contributed by atoms with Crippen molar-refractivity contribution in [1.29, 1.82) is 5.26 Å². The van der Waals surface area contributed by atoms with E-state index in [1.54, 1.807) is 0 Å². The topological polar surface area (TPSA) is 49.8 Å². The molecule has 0 atom stereocenters. The van der Waals surface area contributed by atoms with Crippen LogP contribution in [0.2, 0.25) is 0 Å². The molecule has 3 nitrogen and oxygen atoms in total. The summed E-state index contributed by atoms with van der Waals surface area (Å²) < 4.78 is 6.45. The van der Waals surface area contributed by atoms with Gasteiger partial charge in [-0.05, 0) is 86.5 Å². The zero-order valence-corrected chi connectivity index (χ0v) is 25.5. The fourth-order valence-corrected chi connectivity index (χ4v) is 6.07. The molecule has 220 valence electrons. The van der Waals surface area contributed by atoms with E-state index in [2.05, 4.69) is 140 Å². The third-order valence-corrected chi connectivity index (χ3v) is 8.58. The summed E-state index contributed by atoms with van der Waals surface area (Å²) in [6, 6.07) is 60.5. The Balaban J connectivity index is 1.13. The van der Waals surface area contributed by atoms with Crippen LogP contribution >= 0.6 is 0 Å². The maximum atomic E-state index is 9.26. The first-order valence-corrected chi connectivity index (χ1v) is 15.6. The van der Waals surface area contributed by atoms with Crippen LogP contribution in [0, 0.1) is 11.3 Å². The molecule has 8 aromatic rings. The highest BCUT2D eigenvalue weighted by Gasteiger charge is 2.16. The molecule has 0 spiro atoms. The van der Waals surface area contributed by atoms with E-state index in [1.165, 1.54) is 5.56 Å². The van der Waals surface area contributed by atoms with Gasteiger partial charge in [0, 0.05) is 11.1 Å². The van der Waals surface area contributed by atoms with Crippen LogP contribution in [0.15, 0.2) is 174 Å². The zero-order chi connectivity index (χ0) is 31.6. The van der Waals surface area contributed by atoms with Gasteiger partial charge in [-0.15, -0.1) is 0 Å².